The van der Waals surface area contributed by atoms with Crippen LogP contribution in [0.1, 0.15) is 54.3 Å². The molecule has 2 aliphatic rings. The van der Waals surface area contributed by atoms with Crippen molar-refractivity contribution in [2.24, 2.45) is 5.92 Å². The number of rotatable bonds is 4. The predicted octanol–water partition coefficient (Wildman–Crippen LogP) is 3.98. The van der Waals surface area contributed by atoms with E-state index in [1.165, 1.54) is 0 Å². The molecule has 1 fully saturated rings. The number of sulfonamides is 1. The minimum atomic E-state index is -3.53. The number of benzene rings is 1. The molecule has 0 bridgehead atoms. The first-order chi connectivity index (χ1) is 15.0. The minimum Gasteiger partial charge on any atom is -0.340 e. The summed E-state index contributed by atoms with van der Waals surface area (Å²) in [6.07, 6.45) is 4.87. The maximum Gasteiger partial charge on any atom is 0.256 e. The van der Waals surface area contributed by atoms with Crippen LogP contribution in [0, 0.1) is 12.8 Å². The van der Waals surface area contributed by atoms with Crippen LogP contribution in [0.3, 0.4) is 0 Å². The molecule has 0 spiro atoms. The number of piperidine rings is 1. The average molecular weight is 456 g/mol. The lowest BCUT2D eigenvalue weighted by molar-refractivity contribution is 0.0505. The summed E-state index contributed by atoms with van der Waals surface area (Å²) in [7, 11) is -3.53. The van der Waals surface area contributed by atoms with Gasteiger partial charge in [0.25, 0.3) is 5.91 Å². The van der Waals surface area contributed by atoms with Crippen molar-refractivity contribution in [3.05, 3.63) is 58.9 Å². The maximum atomic E-state index is 13.8. The fourth-order valence-electron chi connectivity index (χ4n) is 4.41. The van der Waals surface area contributed by atoms with Crippen LogP contribution in [0.5, 0.6) is 0 Å². The lowest BCUT2D eigenvalue weighted by Crippen LogP contribution is -2.42. The summed E-state index contributed by atoms with van der Waals surface area (Å²) in [5.74, 6) is 0.816. The molecule has 3 heterocycles. The van der Waals surface area contributed by atoms with Crippen LogP contribution in [0.15, 0.2) is 42.1 Å². The van der Waals surface area contributed by atoms with Gasteiger partial charge in [-0.2, -0.15) is 5.10 Å². The molecule has 0 saturated carbocycles. The van der Waals surface area contributed by atoms with E-state index in [1.54, 1.807) is 22.9 Å². The zero-order valence-electron chi connectivity index (χ0n) is 18.8. The highest BCUT2D eigenvalue weighted by Gasteiger charge is 2.36. The van der Waals surface area contributed by atoms with E-state index in [0.717, 1.165) is 47.4 Å². The molecule has 0 aliphatic carbocycles. The molecule has 2 N–H and O–H groups in total. The Labute approximate surface area is 189 Å². The van der Waals surface area contributed by atoms with E-state index in [4.69, 9.17) is 5.10 Å². The van der Waals surface area contributed by atoms with Gasteiger partial charge in [-0.1, -0.05) is 25.1 Å². The highest BCUT2D eigenvalue weighted by molar-refractivity contribution is 7.92. The Bertz CT molecular complexity index is 1230. The Morgan fingerprint density at radius 1 is 1.28 bits per heavy atom. The number of fused-ring (bicyclic) bond motifs is 1. The number of nitrogens with one attached hydrogen (secondary N) is 2. The van der Waals surface area contributed by atoms with Crippen LogP contribution in [0.2, 0.25) is 0 Å². The van der Waals surface area contributed by atoms with Gasteiger partial charge in [0.05, 0.1) is 29.2 Å². The summed E-state index contributed by atoms with van der Waals surface area (Å²) in [6.45, 7) is 10.6. The molecule has 1 aromatic carbocycles. The number of hydrogen-bond donors (Lipinski definition) is 2. The van der Waals surface area contributed by atoms with Gasteiger partial charge >= 0.3 is 0 Å². The second-order valence-electron chi connectivity index (χ2n) is 8.80. The number of aryl methyl sites for hydroxylation is 1. The van der Waals surface area contributed by atoms with Crippen molar-refractivity contribution in [1.82, 2.24) is 14.7 Å². The second-order valence-corrected chi connectivity index (χ2v) is 10.5. The highest BCUT2D eigenvalue weighted by atomic mass is 32.2. The van der Waals surface area contributed by atoms with Gasteiger partial charge in [0, 0.05) is 24.5 Å². The van der Waals surface area contributed by atoms with E-state index in [9.17, 15) is 13.2 Å². The Morgan fingerprint density at radius 3 is 2.75 bits per heavy atom. The van der Waals surface area contributed by atoms with Gasteiger partial charge in [-0.25, -0.2) is 13.1 Å². The topological polar surface area (TPSA) is 96.3 Å². The summed E-state index contributed by atoms with van der Waals surface area (Å²) in [6, 6.07) is 6.92. The third kappa shape index (κ3) is 4.29. The van der Waals surface area contributed by atoms with Gasteiger partial charge < -0.3 is 10.2 Å². The molecule has 8 nitrogen and oxygen atoms in total. The molecule has 9 heteroatoms. The molecule has 2 aromatic rings. The van der Waals surface area contributed by atoms with Crippen LogP contribution in [-0.4, -0.2) is 41.8 Å². The number of amides is 1. The van der Waals surface area contributed by atoms with Crippen molar-refractivity contribution in [2.45, 2.75) is 39.7 Å². The Morgan fingerprint density at radius 2 is 2.03 bits per heavy atom. The third-order valence-corrected chi connectivity index (χ3v) is 6.61. The monoisotopic (exact) mass is 455 g/mol. The van der Waals surface area contributed by atoms with Crippen LogP contribution >= 0.6 is 0 Å². The van der Waals surface area contributed by atoms with Crippen LogP contribution in [-0.2, 0) is 10.0 Å². The van der Waals surface area contributed by atoms with E-state index in [-0.39, 0.29) is 17.9 Å². The number of aromatic nitrogens is 2. The summed E-state index contributed by atoms with van der Waals surface area (Å²) in [5.41, 5.74) is 4.14. The van der Waals surface area contributed by atoms with Crippen molar-refractivity contribution in [2.75, 3.05) is 22.8 Å². The predicted molar refractivity (Wildman–Crippen MR) is 127 cm³/mol. The summed E-state index contributed by atoms with van der Waals surface area (Å²) < 4.78 is 28.0. The summed E-state index contributed by atoms with van der Waals surface area (Å²) in [5, 5.41) is 8.03. The molecule has 2 atom stereocenters. The van der Waals surface area contributed by atoms with Gasteiger partial charge in [-0.05, 0) is 50.3 Å². The first kappa shape index (κ1) is 22.1. The molecule has 2 unspecified atom stereocenters. The van der Waals surface area contributed by atoms with E-state index in [2.05, 4.69) is 23.5 Å². The largest absolute Gasteiger partial charge is 0.340 e. The number of allylic oxidation sites excluding steroid dienone is 1. The van der Waals surface area contributed by atoms with Crippen molar-refractivity contribution in [3.8, 4) is 0 Å². The number of carbonyl (C=O) groups excluding carboxylic acids is 1. The van der Waals surface area contributed by atoms with Crippen molar-refractivity contribution >= 4 is 33.6 Å². The summed E-state index contributed by atoms with van der Waals surface area (Å²) in [4.78, 5) is 15.6. The molecular formula is C23H29N5O3S. The van der Waals surface area contributed by atoms with Crippen molar-refractivity contribution in [3.63, 3.8) is 0 Å². The Kier molecular flexibility index (Phi) is 5.62. The molecule has 4 rings (SSSR count). The molecule has 1 saturated heterocycles. The van der Waals surface area contributed by atoms with E-state index < -0.39 is 10.0 Å². The van der Waals surface area contributed by atoms with Crippen LogP contribution in [0.25, 0.3) is 6.20 Å². The smallest absolute Gasteiger partial charge is 0.256 e. The van der Waals surface area contributed by atoms with Crippen LogP contribution < -0.4 is 10.0 Å². The quantitative estimate of drug-likeness (QED) is 0.727. The number of nitrogens with zero attached hydrogens (tertiary/aromatic N) is 3. The lowest BCUT2D eigenvalue weighted by Gasteiger charge is -2.39. The molecule has 170 valence electrons. The highest BCUT2D eigenvalue weighted by Crippen LogP contribution is 2.38. The zero-order valence-corrected chi connectivity index (χ0v) is 19.7. The molecule has 1 aromatic heterocycles. The Balaban J connectivity index is 1.73. The van der Waals surface area contributed by atoms with Crippen molar-refractivity contribution in [1.29, 1.82) is 0 Å². The first-order valence-corrected chi connectivity index (χ1v) is 12.6. The van der Waals surface area contributed by atoms with E-state index >= 15 is 0 Å². The summed E-state index contributed by atoms with van der Waals surface area (Å²) >= 11 is 0. The Hall–Kier alpha value is -3.07. The third-order valence-electron chi connectivity index (χ3n) is 6.02. The molecule has 1 amide bonds. The maximum absolute atomic E-state index is 13.8. The lowest BCUT2D eigenvalue weighted by atomic mass is 9.88. The number of likely N-dealkylation sites (tertiary alicyclic amines) is 1. The minimum absolute atomic E-state index is 0.202. The van der Waals surface area contributed by atoms with Gasteiger partial charge in [-0.3, -0.25) is 9.52 Å². The molecule has 32 heavy (non-hydrogen) atoms. The van der Waals surface area contributed by atoms with Gasteiger partial charge in [0.1, 0.15) is 5.82 Å². The fourth-order valence-corrected chi connectivity index (χ4v) is 4.99. The normalized spacial score (nSPS) is 20.9. The van der Waals surface area contributed by atoms with Crippen LogP contribution in [0.4, 0.5) is 11.5 Å². The molecular weight excluding hydrogens is 426 g/mol. The standard InChI is InChI=1S/C23H29N5O3S/c1-14-8-9-19(26-32(5,30)31)18(11-14)23(29)27-10-6-7-15(2)22(27)20-12-21-24-17(4)16(3)13-28(21)25-20/h8-9,11-13,15,22,24,26H,4,6-7,10H2,1-3,5H3. The van der Waals surface area contributed by atoms with Gasteiger partial charge in [-0.15, -0.1) is 0 Å². The number of carbonyl (C=O) groups is 1. The van der Waals surface area contributed by atoms with Gasteiger partial charge in [0.2, 0.25) is 10.0 Å². The first-order valence-electron chi connectivity index (χ1n) is 10.7. The molecule has 0 radical (unpaired) electrons. The zero-order chi connectivity index (χ0) is 23.2. The number of anilines is 2. The SMILES string of the molecule is C=C1Nc2cc(C3C(C)CCCN3C(=O)c3cc(C)ccc3NS(C)(=O)=O)nn2C=C1C. The van der Waals surface area contributed by atoms with E-state index in [0.29, 0.717) is 17.8 Å². The second kappa shape index (κ2) is 8.12. The van der Waals surface area contributed by atoms with Crippen molar-refractivity contribution < 1.29 is 13.2 Å². The molecule has 2 aliphatic heterocycles. The van der Waals surface area contributed by atoms with E-state index in [1.807, 2.05) is 31.0 Å². The number of hydrogen-bond acceptors (Lipinski definition) is 5. The fraction of sp³-hybridized carbons (Fsp3) is 0.391. The average Bonchev–Trinajstić information content (AvgIpc) is 3.10. The van der Waals surface area contributed by atoms with Gasteiger partial charge in [0.15, 0.2) is 0 Å².